The molecule has 0 radical (unpaired) electrons. The van der Waals surface area contributed by atoms with Gasteiger partial charge in [-0.15, -0.1) is 0 Å². The fraction of sp³-hybridized carbons (Fsp3) is 0.750. The quantitative estimate of drug-likeness (QED) is 0.876. The third-order valence-corrected chi connectivity index (χ3v) is 3.90. The molecule has 0 aromatic carbocycles. The van der Waals surface area contributed by atoms with E-state index in [-0.39, 0.29) is 0 Å². The molecule has 1 unspecified atom stereocenters. The normalized spacial score (nSPS) is 24.5. The molecule has 1 aliphatic carbocycles. The zero-order chi connectivity index (χ0) is 11.1. The van der Waals surface area contributed by atoms with E-state index in [2.05, 4.69) is 21.8 Å². The molecule has 1 aliphatic heterocycles. The van der Waals surface area contributed by atoms with Gasteiger partial charge in [0.1, 0.15) is 5.82 Å². The van der Waals surface area contributed by atoms with Gasteiger partial charge in [-0.2, -0.15) is 0 Å². The first kappa shape index (κ1) is 10.6. The Morgan fingerprint density at radius 2 is 2.19 bits per heavy atom. The molecule has 0 spiro atoms. The molecule has 0 bridgehead atoms. The number of hydrogen-bond donors (Lipinski definition) is 1. The van der Waals surface area contributed by atoms with Crippen LogP contribution in [0.5, 0.6) is 0 Å². The van der Waals surface area contributed by atoms with Gasteiger partial charge in [0.05, 0.1) is 5.69 Å². The predicted molar refractivity (Wildman–Crippen MR) is 64.9 cm³/mol. The standard InChI is InChI=1S/C12H18ClN3/c1-2-11-15-12(13)10-6-5-9(7-16(10)11)14-8-3-4-8/h8-9,14H,2-7H2,1H3. The molecule has 0 amide bonds. The third kappa shape index (κ3) is 1.87. The highest BCUT2D eigenvalue weighted by Crippen LogP contribution is 2.27. The second kappa shape index (κ2) is 4.04. The zero-order valence-electron chi connectivity index (χ0n) is 9.67. The number of imidazole rings is 1. The topological polar surface area (TPSA) is 29.9 Å². The van der Waals surface area contributed by atoms with Gasteiger partial charge in [-0.1, -0.05) is 18.5 Å². The summed E-state index contributed by atoms with van der Waals surface area (Å²) in [5.41, 5.74) is 1.24. The average molecular weight is 240 g/mol. The first-order valence-electron chi connectivity index (χ1n) is 6.27. The Balaban J connectivity index is 1.80. The molecular formula is C12H18ClN3. The van der Waals surface area contributed by atoms with Gasteiger partial charge in [0.15, 0.2) is 5.15 Å². The fourth-order valence-corrected chi connectivity index (χ4v) is 2.86. The van der Waals surface area contributed by atoms with Crippen molar-refractivity contribution >= 4 is 11.6 Å². The maximum absolute atomic E-state index is 6.16. The van der Waals surface area contributed by atoms with Crippen molar-refractivity contribution in [3.8, 4) is 0 Å². The van der Waals surface area contributed by atoms with Crippen LogP contribution in [0.2, 0.25) is 5.15 Å². The van der Waals surface area contributed by atoms with Crippen LogP contribution >= 0.6 is 11.6 Å². The summed E-state index contributed by atoms with van der Waals surface area (Å²) in [6, 6.07) is 1.41. The number of fused-ring (bicyclic) bond motifs is 1. The number of nitrogens with zero attached hydrogens (tertiary/aromatic N) is 2. The minimum atomic E-state index is 0.621. The van der Waals surface area contributed by atoms with E-state index in [4.69, 9.17) is 11.6 Å². The van der Waals surface area contributed by atoms with E-state index in [1.807, 2.05) is 0 Å². The lowest BCUT2D eigenvalue weighted by atomic mass is 10.1. The van der Waals surface area contributed by atoms with Crippen molar-refractivity contribution in [2.75, 3.05) is 0 Å². The van der Waals surface area contributed by atoms with E-state index >= 15 is 0 Å². The smallest absolute Gasteiger partial charge is 0.150 e. The summed E-state index contributed by atoms with van der Waals surface area (Å²) >= 11 is 6.16. The van der Waals surface area contributed by atoms with Crippen molar-refractivity contribution in [2.45, 2.75) is 57.7 Å². The van der Waals surface area contributed by atoms with Crippen molar-refractivity contribution in [3.05, 3.63) is 16.7 Å². The van der Waals surface area contributed by atoms with Crippen LogP contribution < -0.4 is 5.32 Å². The maximum Gasteiger partial charge on any atom is 0.150 e. The molecule has 1 atom stereocenters. The van der Waals surface area contributed by atoms with Crippen molar-refractivity contribution < 1.29 is 0 Å². The Morgan fingerprint density at radius 1 is 1.38 bits per heavy atom. The van der Waals surface area contributed by atoms with Crippen LogP contribution in [0, 0.1) is 0 Å². The molecule has 2 heterocycles. The highest BCUT2D eigenvalue weighted by Gasteiger charge is 2.29. The van der Waals surface area contributed by atoms with E-state index in [0.717, 1.165) is 36.4 Å². The Morgan fingerprint density at radius 3 is 2.88 bits per heavy atom. The van der Waals surface area contributed by atoms with Crippen molar-refractivity contribution in [1.82, 2.24) is 14.9 Å². The number of aryl methyl sites for hydroxylation is 1. The minimum absolute atomic E-state index is 0.621. The van der Waals surface area contributed by atoms with Crippen LogP contribution in [0.25, 0.3) is 0 Å². The molecule has 1 saturated carbocycles. The summed E-state index contributed by atoms with van der Waals surface area (Å²) in [5, 5.41) is 4.43. The Hall–Kier alpha value is -0.540. The SMILES string of the molecule is CCc1nc(Cl)c2n1CC(NC1CC1)CC2. The van der Waals surface area contributed by atoms with Crippen LogP contribution in [-0.2, 0) is 19.4 Å². The van der Waals surface area contributed by atoms with Crippen LogP contribution in [0.15, 0.2) is 0 Å². The molecule has 3 nitrogen and oxygen atoms in total. The summed E-state index contributed by atoms with van der Waals surface area (Å²) in [5.74, 6) is 1.14. The number of aromatic nitrogens is 2. The van der Waals surface area contributed by atoms with E-state index in [9.17, 15) is 0 Å². The molecule has 16 heavy (non-hydrogen) atoms. The number of hydrogen-bond acceptors (Lipinski definition) is 2. The molecule has 4 heteroatoms. The van der Waals surface area contributed by atoms with Crippen LogP contribution in [-0.4, -0.2) is 21.6 Å². The lowest BCUT2D eigenvalue weighted by Crippen LogP contribution is -2.38. The van der Waals surface area contributed by atoms with Crippen molar-refractivity contribution in [3.63, 3.8) is 0 Å². The lowest BCUT2D eigenvalue weighted by molar-refractivity contribution is 0.376. The van der Waals surface area contributed by atoms with Gasteiger partial charge < -0.3 is 9.88 Å². The van der Waals surface area contributed by atoms with Gasteiger partial charge in [-0.3, -0.25) is 0 Å². The van der Waals surface area contributed by atoms with Gasteiger partial charge in [0, 0.05) is 25.0 Å². The predicted octanol–water partition coefficient (Wildman–Crippen LogP) is 2.17. The highest BCUT2D eigenvalue weighted by atomic mass is 35.5. The van der Waals surface area contributed by atoms with Gasteiger partial charge in [0.2, 0.25) is 0 Å². The molecule has 2 aliphatic rings. The monoisotopic (exact) mass is 239 g/mol. The molecule has 0 saturated heterocycles. The van der Waals surface area contributed by atoms with Gasteiger partial charge in [0.25, 0.3) is 0 Å². The fourth-order valence-electron chi connectivity index (χ4n) is 2.57. The Kier molecular flexibility index (Phi) is 2.68. The summed E-state index contributed by atoms with van der Waals surface area (Å²) in [4.78, 5) is 4.44. The van der Waals surface area contributed by atoms with Gasteiger partial charge in [-0.05, 0) is 25.7 Å². The first-order chi connectivity index (χ1) is 7.78. The number of rotatable bonds is 3. The lowest BCUT2D eigenvalue weighted by Gasteiger charge is -2.26. The Bertz CT molecular complexity index is 395. The summed E-state index contributed by atoms with van der Waals surface area (Å²) in [7, 11) is 0. The zero-order valence-corrected chi connectivity index (χ0v) is 10.4. The molecule has 1 aromatic rings. The van der Waals surface area contributed by atoms with E-state index in [0.29, 0.717) is 6.04 Å². The second-order valence-corrected chi connectivity index (χ2v) is 5.26. The summed E-state index contributed by atoms with van der Waals surface area (Å²) < 4.78 is 2.33. The van der Waals surface area contributed by atoms with E-state index < -0.39 is 0 Å². The first-order valence-corrected chi connectivity index (χ1v) is 6.65. The van der Waals surface area contributed by atoms with Crippen LogP contribution in [0.4, 0.5) is 0 Å². The second-order valence-electron chi connectivity index (χ2n) is 4.91. The van der Waals surface area contributed by atoms with Gasteiger partial charge in [-0.25, -0.2) is 4.98 Å². The van der Waals surface area contributed by atoms with Gasteiger partial charge >= 0.3 is 0 Å². The molecule has 1 fully saturated rings. The summed E-state index contributed by atoms with van der Waals surface area (Å²) in [6.45, 7) is 3.19. The molecule has 1 aromatic heterocycles. The van der Waals surface area contributed by atoms with E-state index in [1.54, 1.807) is 0 Å². The number of halogens is 1. The molecule has 3 rings (SSSR count). The van der Waals surface area contributed by atoms with E-state index in [1.165, 1.54) is 25.0 Å². The Labute approximate surface area is 101 Å². The summed E-state index contributed by atoms with van der Waals surface area (Å²) in [6.07, 6.45) is 5.94. The highest BCUT2D eigenvalue weighted by molar-refractivity contribution is 6.30. The van der Waals surface area contributed by atoms with Crippen LogP contribution in [0.3, 0.4) is 0 Å². The molecule has 88 valence electrons. The largest absolute Gasteiger partial charge is 0.329 e. The minimum Gasteiger partial charge on any atom is -0.329 e. The maximum atomic E-state index is 6.16. The van der Waals surface area contributed by atoms with Crippen molar-refractivity contribution in [2.24, 2.45) is 0 Å². The number of nitrogens with one attached hydrogen (secondary N) is 1. The average Bonchev–Trinajstić information content (AvgIpc) is 3.03. The molecule has 1 N–H and O–H groups in total. The molecular weight excluding hydrogens is 222 g/mol. The third-order valence-electron chi connectivity index (χ3n) is 3.60. The van der Waals surface area contributed by atoms with Crippen molar-refractivity contribution in [1.29, 1.82) is 0 Å². The van der Waals surface area contributed by atoms with Crippen LogP contribution in [0.1, 0.15) is 37.7 Å².